The van der Waals surface area contributed by atoms with Gasteiger partial charge in [-0.05, 0) is 17.7 Å². The summed E-state index contributed by atoms with van der Waals surface area (Å²) < 4.78 is 12.4. The Morgan fingerprint density at radius 2 is 1.86 bits per heavy atom. The molecule has 1 aliphatic rings. The molecule has 22 heavy (non-hydrogen) atoms. The first-order valence-corrected chi connectivity index (χ1v) is 7.26. The van der Waals surface area contributed by atoms with E-state index in [0.717, 1.165) is 22.2 Å². The van der Waals surface area contributed by atoms with E-state index >= 15 is 0 Å². The Bertz CT molecular complexity index is 819. The van der Waals surface area contributed by atoms with Crippen LogP contribution in [0.4, 0.5) is 4.79 Å². The van der Waals surface area contributed by atoms with Crippen LogP contribution in [-0.4, -0.2) is 17.3 Å². The highest BCUT2D eigenvalue weighted by Crippen LogP contribution is 2.34. The minimum atomic E-state index is -0.365. The van der Waals surface area contributed by atoms with Crippen LogP contribution in [0, 0.1) is 0 Å². The second-order valence-electron chi connectivity index (χ2n) is 5.33. The molecule has 0 saturated carbocycles. The van der Waals surface area contributed by atoms with Crippen LogP contribution in [-0.2, 0) is 16.1 Å². The van der Waals surface area contributed by atoms with Crippen molar-refractivity contribution in [3.8, 4) is 0 Å². The number of para-hydroxylation sites is 1. The lowest BCUT2D eigenvalue weighted by atomic mass is 10.2. The van der Waals surface area contributed by atoms with E-state index in [1.165, 1.54) is 0 Å². The lowest BCUT2D eigenvalue weighted by molar-refractivity contribution is 0.141. The Hall–Kier alpha value is -2.59. The summed E-state index contributed by atoms with van der Waals surface area (Å²) in [5.41, 5.74) is 2.68. The summed E-state index contributed by atoms with van der Waals surface area (Å²) in [6.07, 6.45) is -0.368. The fourth-order valence-electron chi connectivity index (χ4n) is 2.62. The number of benzene rings is 2. The highest BCUT2D eigenvalue weighted by Gasteiger charge is 2.31. The zero-order valence-electron chi connectivity index (χ0n) is 11.9. The Morgan fingerprint density at radius 3 is 2.64 bits per heavy atom. The van der Waals surface area contributed by atoms with Crippen molar-refractivity contribution in [2.24, 2.45) is 0 Å². The maximum Gasteiger partial charge on any atom is 0.419 e. The van der Waals surface area contributed by atoms with Gasteiger partial charge in [0.1, 0.15) is 12.7 Å². The van der Waals surface area contributed by atoms with E-state index in [4.69, 9.17) is 9.47 Å². The Labute approximate surface area is 127 Å². The van der Waals surface area contributed by atoms with Crippen LogP contribution in [0.5, 0.6) is 0 Å². The zero-order chi connectivity index (χ0) is 14.9. The number of carbonyl (C=O) groups excluding carboxylic acids is 1. The number of ether oxygens (including phenoxy) is 2. The Balaban J connectivity index is 1.64. The summed E-state index contributed by atoms with van der Waals surface area (Å²) in [5, 5.41) is 1.02. The van der Waals surface area contributed by atoms with E-state index in [9.17, 15) is 4.79 Å². The quantitative estimate of drug-likeness (QED) is 0.688. The predicted octanol–water partition coefficient (Wildman–Crippen LogP) is 3.90. The number of nitrogens with zero attached hydrogens (tertiary/aromatic N) is 1. The van der Waals surface area contributed by atoms with Gasteiger partial charge in [0, 0.05) is 5.39 Å². The van der Waals surface area contributed by atoms with Gasteiger partial charge in [0.15, 0.2) is 0 Å². The van der Waals surface area contributed by atoms with E-state index in [0.29, 0.717) is 6.61 Å². The van der Waals surface area contributed by atoms with Crippen molar-refractivity contribution < 1.29 is 14.3 Å². The van der Waals surface area contributed by atoms with Crippen LogP contribution >= 0.6 is 0 Å². The van der Waals surface area contributed by atoms with E-state index in [1.807, 2.05) is 60.7 Å². The van der Waals surface area contributed by atoms with Crippen molar-refractivity contribution in [2.75, 3.05) is 6.61 Å². The zero-order valence-corrected chi connectivity index (χ0v) is 11.9. The maximum atomic E-state index is 12.5. The number of carbonyl (C=O) groups is 1. The molecule has 2 heterocycles. The SMILES string of the molecule is O=C(OCc1ccccc1)n1c(C2CO2)cc2ccccc21. The topological polar surface area (TPSA) is 43.8 Å². The molecule has 1 aromatic heterocycles. The molecule has 4 heteroatoms. The summed E-state index contributed by atoms with van der Waals surface area (Å²) in [6.45, 7) is 0.916. The lowest BCUT2D eigenvalue weighted by Crippen LogP contribution is -2.16. The van der Waals surface area contributed by atoms with Gasteiger partial charge in [0.05, 0.1) is 17.8 Å². The molecular formula is C18H15NO3. The maximum absolute atomic E-state index is 12.5. The van der Waals surface area contributed by atoms with Gasteiger partial charge in [-0.15, -0.1) is 0 Å². The van der Waals surface area contributed by atoms with Crippen LogP contribution < -0.4 is 0 Å². The average Bonchev–Trinajstić information content (AvgIpc) is 3.34. The molecule has 1 aliphatic heterocycles. The van der Waals surface area contributed by atoms with Crippen LogP contribution in [0.15, 0.2) is 60.7 Å². The fraction of sp³-hybridized carbons (Fsp3) is 0.167. The Morgan fingerprint density at radius 1 is 1.14 bits per heavy atom. The molecule has 1 atom stereocenters. The van der Waals surface area contributed by atoms with Crippen LogP contribution in [0.3, 0.4) is 0 Å². The number of epoxide rings is 1. The van der Waals surface area contributed by atoms with Crippen LogP contribution in [0.1, 0.15) is 17.4 Å². The first-order chi connectivity index (χ1) is 10.8. The molecule has 4 nitrogen and oxygen atoms in total. The molecule has 0 aliphatic carbocycles. The van der Waals surface area contributed by atoms with Crippen molar-refractivity contribution in [2.45, 2.75) is 12.7 Å². The highest BCUT2D eigenvalue weighted by molar-refractivity contribution is 5.91. The molecule has 1 fully saturated rings. The third kappa shape index (κ3) is 2.38. The summed E-state index contributed by atoms with van der Waals surface area (Å²) in [7, 11) is 0. The van der Waals surface area contributed by atoms with E-state index in [2.05, 4.69) is 0 Å². The number of aromatic nitrogens is 1. The minimum absolute atomic E-state index is 0.00308. The molecule has 3 aromatic rings. The summed E-state index contributed by atoms with van der Waals surface area (Å²) >= 11 is 0. The van der Waals surface area contributed by atoms with Crippen molar-refractivity contribution in [1.82, 2.24) is 4.57 Å². The first-order valence-electron chi connectivity index (χ1n) is 7.26. The third-order valence-corrected chi connectivity index (χ3v) is 3.79. The lowest BCUT2D eigenvalue weighted by Gasteiger charge is -2.09. The molecule has 0 spiro atoms. The van der Waals surface area contributed by atoms with E-state index in [-0.39, 0.29) is 18.8 Å². The molecular weight excluding hydrogens is 278 g/mol. The van der Waals surface area contributed by atoms with Crippen molar-refractivity contribution in [1.29, 1.82) is 0 Å². The highest BCUT2D eigenvalue weighted by atomic mass is 16.6. The van der Waals surface area contributed by atoms with Gasteiger partial charge < -0.3 is 9.47 Å². The summed E-state index contributed by atoms with van der Waals surface area (Å²) in [6, 6.07) is 19.4. The van der Waals surface area contributed by atoms with Gasteiger partial charge in [0.2, 0.25) is 0 Å². The fourth-order valence-corrected chi connectivity index (χ4v) is 2.62. The Kier molecular flexibility index (Phi) is 3.16. The van der Waals surface area contributed by atoms with Gasteiger partial charge in [0.25, 0.3) is 0 Å². The van der Waals surface area contributed by atoms with Crippen molar-refractivity contribution in [3.05, 3.63) is 71.9 Å². The van der Waals surface area contributed by atoms with Gasteiger partial charge in [-0.3, -0.25) is 0 Å². The van der Waals surface area contributed by atoms with Crippen LogP contribution in [0.2, 0.25) is 0 Å². The second-order valence-corrected chi connectivity index (χ2v) is 5.33. The van der Waals surface area contributed by atoms with Gasteiger partial charge in [-0.1, -0.05) is 48.5 Å². The molecule has 0 amide bonds. The van der Waals surface area contributed by atoms with Gasteiger partial charge >= 0.3 is 6.09 Å². The summed E-state index contributed by atoms with van der Waals surface area (Å²) in [4.78, 5) is 12.5. The number of fused-ring (bicyclic) bond motifs is 1. The largest absolute Gasteiger partial charge is 0.444 e. The van der Waals surface area contributed by atoms with Crippen molar-refractivity contribution >= 4 is 17.0 Å². The van der Waals surface area contributed by atoms with E-state index < -0.39 is 0 Å². The molecule has 1 unspecified atom stereocenters. The normalized spacial score (nSPS) is 16.6. The predicted molar refractivity (Wildman–Crippen MR) is 82.7 cm³/mol. The molecule has 0 radical (unpaired) electrons. The standard InChI is InChI=1S/C18H15NO3/c20-18(22-11-13-6-2-1-3-7-13)19-15-9-5-4-8-14(15)10-16(19)17-12-21-17/h1-10,17H,11-12H2. The molecule has 110 valence electrons. The smallest absolute Gasteiger partial charge is 0.419 e. The molecule has 0 N–H and O–H groups in total. The molecule has 4 rings (SSSR count). The average molecular weight is 293 g/mol. The number of hydrogen-bond acceptors (Lipinski definition) is 3. The van der Waals surface area contributed by atoms with Gasteiger partial charge in [-0.2, -0.15) is 0 Å². The number of hydrogen-bond donors (Lipinski definition) is 0. The summed E-state index contributed by atoms with van der Waals surface area (Å²) in [5.74, 6) is 0. The van der Waals surface area contributed by atoms with E-state index in [1.54, 1.807) is 4.57 Å². The molecule has 1 saturated heterocycles. The van der Waals surface area contributed by atoms with Crippen molar-refractivity contribution in [3.63, 3.8) is 0 Å². The third-order valence-electron chi connectivity index (χ3n) is 3.79. The molecule has 2 aromatic carbocycles. The monoisotopic (exact) mass is 293 g/mol. The number of rotatable bonds is 3. The molecule has 0 bridgehead atoms. The van der Waals surface area contributed by atoms with Crippen LogP contribution in [0.25, 0.3) is 10.9 Å². The minimum Gasteiger partial charge on any atom is -0.444 e. The van der Waals surface area contributed by atoms with Gasteiger partial charge in [-0.25, -0.2) is 9.36 Å². The first kappa shape index (κ1) is 13.1. The second kappa shape index (κ2) is 5.31.